The van der Waals surface area contributed by atoms with Gasteiger partial charge in [0.25, 0.3) is 0 Å². The lowest BCUT2D eigenvalue weighted by atomic mass is 9.73. The minimum absolute atomic E-state index is 0.000301. The summed E-state index contributed by atoms with van der Waals surface area (Å²) < 4.78 is 5.57. The zero-order valence-corrected chi connectivity index (χ0v) is 20.2. The topological polar surface area (TPSA) is 105 Å². The number of carbonyl (C=O) groups excluding carboxylic acids is 2. The largest absolute Gasteiger partial charge is 0.481 e. The van der Waals surface area contributed by atoms with Gasteiger partial charge >= 0.3 is 12.1 Å². The standard InChI is InChI=1S/C28H34N2O5/c1-18(10-11-26(31)29-16-20-12-19(13-20)14-27(32)33)15-30-28(34)35-17-25-23-8-4-2-6-21(23)22-7-3-5-9-24(22)25/h2-9,18-20,25H,10-17H2,1H3,(H,29,31)(H,30,34)(H,32,33). The Morgan fingerprint density at radius 1 is 0.971 bits per heavy atom. The number of alkyl carbamates (subject to hydrolysis) is 1. The number of carboxylic acids is 1. The summed E-state index contributed by atoms with van der Waals surface area (Å²) in [7, 11) is 0. The smallest absolute Gasteiger partial charge is 0.407 e. The molecular weight excluding hydrogens is 444 g/mol. The Kier molecular flexibility index (Phi) is 8.06. The summed E-state index contributed by atoms with van der Waals surface area (Å²) in [5, 5.41) is 14.6. The van der Waals surface area contributed by atoms with Crippen molar-refractivity contribution >= 4 is 18.0 Å². The maximum atomic E-state index is 12.3. The van der Waals surface area contributed by atoms with E-state index in [2.05, 4.69) is 34.9 Å². The molecule has 2 aliphatic rings. The molecule has 186 valence electrons. The highest BCUT2D eigenvalue weighted by Crippen LogP contribution is 2.44. The lowest BCUT2D eigenvalue weighted by molar-refractivity contribution is -0.139. The number of benzene rings is 2. The van der Waals surface area contributed by atoms with Crippen molar-refractivity contribution in [2.45, 2.75) is 44.9 Å². The van der Waals surface area contributed by atoms with Gasteiger partial charge in [0.2, 0.25) is 5.91 Å². The number of hydrogen-bond acceptors (Lipinski definition) is 4. The second-order valence-corrected chi connectivity index (χ2v) is 9.96. The Morgan fingerprint density at radius 2 is 1.60 bits per heavy atom. The molecule has 1 atom stereocenters. The minimum atomic E-state index is -0.752. The average molecular weight is 479 g/mol. The van der Waals surface area contributed by atoms with Gasteiger partial charge in [-0.05, 0) is 59.3 Å². The molecule has 0 bridgehead atoms. The van der Waals surface area contributed by atoms with E-state index in [4.69, 9.17) is 9.84 Å². The Hall–Kier alpha value is -3.35. The average Bonchev–Trinajstić information content (AvgIpc) is 3.15. The maximum absolute atomic E-state index is 12.3. The maximum Gasteiger partial charge on any atom is 0.407 e. The molecule has 1 fully saturated rings. The Balaban J connectivity index is 1.12. The van der Waals surface area contributed by atoms with Gasteiger partial charge in [-0.2, -0.15) is 0 Å². The third-order valence-corrected chi connectivity index (χ3v) is 7.19. The second-order valence-electron chi connectivity index (χ2n) is 9.96. The first-order valence-corrected chi connectivity index (χ1v) is 12.5. The summed E-state index contributed by atoms with van der Waals surface area (Å²) in [6.45, 7) is 3.34. The number of rotatable bonds is 11. The molecule has 2 amide bonds. The van der Waals surface area contributed by atoms with Crippen LogP contribution in [0.15, 0.2) is 48.5 Å². The van der Waals surface area contributed by atoms with Gasteiger partial charge in [0.15, 0.2) is 0 Å². The first-order chi connectivity index (χ1) is 16.9. The van der Waals surface area contributed by atoms with Crippen LogP contribution in [-0.4, -0.2) is 42.8 Å². The van der Waals surface area contributed by atoms with Crippen molar-refractivity contribution < 1.29 is 24.2 Å². The molecule has 2 aromatic rings. The summed E-state index contributed by atoms with van der Waals surface area (Å²) in [5.41, 5.74) is 4.75. The Morgan fingerprint density at radius 3 is 2.23 bits per heavy atom. The minimum Gasteiger partial charge on any atom is -0.481 e. The van der Waals surface area contributed by atoms with Crippen molar-refractivity contribution in [1.82, 2.24) is 10.6 Å². The number of carboxylic acid groups (broad SMARTS) is 1. The highest BCUT2D eigenvalue weighted by molar-refractivity contribution is 5.79. The van der Waals surface area contributed by atoms with Crippen LogP contribution in [0, 0.1) is 17.8 Å². The molecule has 1 saturated carbocycles. The predicted molar refractivity (Wildman–Crippen MR) is 133 cm³/mol. The first-order valence-electron chi connectivity index (χ1n) is 12.5. The molecule has 2 aliphatic carbocycles. The summed E-state index contributed by atoms with van der Waals surface area (Å²) in [5.74, 6) is 0.0569. The highest BCUT2D eigenvalue weighted by atomic mass is 16.5. The van der Waals surface area contributed by atoms with Crippen LogP contribution in [0.5, 0.6) is 0 Å². The molecule has 3 N–H and O–H groups in total. The van der Waals surface area contributed by atoms with E-state index in [9.17, 15) is 14.4 Å². The number of fused-ring (bicyclic) bond motifs is 3. The van der Waals surface area contributed by atoms with Crippen LogP contribution in [-0.2, 0) is 14.3 Å². The molecule has 2 aromatic carbocycles. The van der Waals surface area contributed by atoms with Gasteiger partial charge in [0, 0.05) is 31.8 Å². The van der Waals surface area contributed by atoms with E-state index in [1.807, 2.05) is 31.2 Å². The van der Waals surface area contributed by atoms with Gasteiger partial charge in [-0.3, -0.25) is 9.59 Å². The summed E-state index contributed by atoms with van der Waals surface area (Å²) >= 11 is 0. The van der Waals surface area contributed by atoms with E-state index in [1.54, 1.807) is 0 Å². The fourth-order valence-electron chi connectivity index (χ4n) is 5.19. The SMILES string of the molecule is CC(CCC(=O)NCC1CC(CC(=O)O)C1)CNC(=O)OCC1c2ccccc2-c2ccccc21. The van der Waals surface area contributed by atoms with Gasteiger partial charge in [-0.25, -0.2) is 4.79 Å². The molecule has 0 saturated heterocycles. The molecule has 0 radical (unpaired) electrons. The molecule has 4 rings (SSSR count). The van der Waals surface area contributed by atoms with Crippen molar-refractivity contribution in [3.8, 4) is 11.1 Å². The molecule has 7 heteroatoms. The number of ether oxygens (including phenoxy) is 1. The van der Waals surface area contributed by atoms with Gasteiger partial charge < -0.3 is 20.5 Å². The second kappa shape index (κ2) is 11.4. The number of hydrogen-bond donors (Lipinski definition) is 3. The zero-order chi connectivity index (χ0) is 24.8. The lowest BCUT2D eigenvalue weighted by Gasteiger charge is -2.34. The molecule has 35 heavy (non-hydrogen) atoms. The van der Waals surface area contributed by atoms with Gasteiger partial charge in [-0.1, -0.05) is 55.5 Å². The summed E-state index contributed by atoms with van der Waals surface area (Å²) in [4.78, 5) is 35.2. The van der Waals surface area contributed by atoms with E-state index in [1.165, 1.54) is 22.3 Å². The third-order valence-electron chi connectivity index (χ3n) is 7.19. The fraction of sp³-hybridized carbons (Fsp3) is 0.464. The van der Waals surface area contributed by atoms with Crippen LogP contribution in [0.3, 0.4) is 0 Å². The fourth-order valence-corrected chi connectivity index (χ4v) is 5.19. The van der Waals surface area contributed by atoms with Crippen LogP contribution in [0.4, 0.5) is 4.79 Å². The molecule has 0 heterocycles. The molecule has 1 unspecified atom stereocenters. The number of amides is 2. The summed E-state index contributed by atoms with van der Waals surface area (Å²) in [6, 6.07) is 16.5. The highest BCUT2D eigenvalue weighted by Gasteiger charge is 2.31. The Labute approximate surface area is 206 Å². The van der Waals surface area contributed by atoms with Crippen LogP contribution in [0.25, 0.3) is 11.1 Å². The van der Waals surface area contributed by atoms with E-state index in [0.717, 1.165) is 12.8 Å². The quantitative estimate of drug-likeness (QED) is 0.439. The van der Waals surface area contributed by atoms with Crippen molar-refractivity contribution in [3.05, 3.63) is 59.7 Å². The van der Waals surface area contributed by atoms with Crippen molar-refractivity contribution in [2.75, 3.05) is 19.7 Å². The molecule has 7 nitrogen and oxygen atoms in total. The molecule has 0 aromatic heterocycles. The van der Waals surface area contributed by atoms with E-state index >= 15 is 0 Å². The van der Waals surface area contributed by atoms with Crippen molar-refractivity contribution in [3.63, 3.8) is 0 Å². The predicted octanol–water partition coefficient (Wildman–Crippen LogP) is 4.56. The zero-order valence-electron chi connectivity index (χ0n) is 20.2. The number of nitrogens with one attached hydrogen (secondary N) is 2. The lowest BCUT2D eigenvalue weighted by Crippen LogP contribution is -2.37. The van der Waals surface area contributed by atoms with Crippen LogP contribution in [0.1, 0.15) is 56.1 Å². The monoisotopic (exact) mass is 478 g/mol. The number of carbonyl (C=O) groups is 3. The van der Waals surface area contributed by atoms with E-state index in [0.29, 0.717) is 31.8 Å². The van der Waals surface area contributed by atoms with Gasteiger partial charge in [0.1, 0.15) is 6.61 Å². The van der Waals surface area contributed by atoms with Crippen LogP contribution in [0.2, 0.25) is 0 Å². The van der Waals surface area contributed by atoms with Gasteiger partial charge in [-0.15, -0.1) is 0 Å². The van der Waals surface area contributed by atoms with Gasteiger partial charge in [0.05, 0.1) is 0 Å². The van der Waals surface area contributed by atoms with E-state index < -0.39 is 12.1 Å². The van der Waals surface area contributed by atoms with E-state index in [-0.39, 0.29) is 36.7 Å². The molecule has 0 aliphatic heterocycles. The van der Waals surface area contributed by atoms with Crippen molar-refractivity contribution in [2.24, 2.45) is 17.8 Å². The Bertz CT molecular complexity index is 1020. The first kappa shape index (κ1) is 24.8. The third kappa shape index (κ3) is 6.41. The number of aliphatic carboxylic acids is 1. The van der Waals surface area contributed by atoms with Crippen molar-refractivity contribution in [1.29, 1.82) is 0 Å². The van der Waals surface area contributed by atoms with Crippen LogP contribution >= 0.6 is 0 Å². The van der Waals surface area contributed by atoms with Crippen LogP contribution < -0.4 is 10.6 Å². The molecular formula is C28H34N2O5. The molecule has 0 spiro atoms. The summed E-state index contributed by atoms with van der Waals surface area (Å²) in [6.07, 6.45) is 2.59. The normalized spacial score (nSPS) is 19.1.